The number of aromatic nitrogens is 2. The van der Waals surface area contributed by atoms with E-state index in [-0.39, 0.29) is 0 Å². The Hall–Kier alpha value is -1.85. The van der Waals surface area contributed by atoms with Crippen molar-refractivity contribution in [1.82, 2.24) is 20.0 Å². The summed E-state index contributed by atoms with van der Waals surface area (Å²) in [5.41, 5.74) is 4.99. The normalized spacial score (nSPS) is 12.7. The molecule has 0 aliphatic carbocycles. The Balaban J connectivity index is 2.08. The van der Waals surface area contributed by atoms with E-state index in [1.54, 1.807) is 0 Å². The molecule has 5 heteroatoms. The summed E-state index contributed by atoms with van der Waals surface area (Å²) in [6.45, 7) is 5.93. The minimum atomic E-state index is 0.352. The maximum atomic E-state index is 4.56. The lowest BCUT2D eigenvalue weighted by Crippen LogP contribution is -2.31. The molecule has 0 aliphatic rings. The highest BCUT2D eigenvalue weighted by molar-refractivity contribution is 5.48. The topological polar surface area (TPSA) is 36.3 Å². The molecule has 2 aromatic rings. The summed E-state index contributed by atoms with van der Waals surface area (Å²) >= 11 is 0. The van der Waals surface area contributed by atoms with E-state index >= 15 is 0 Å². The molecule has 0 spiro atoms. The second kappa shape index (κ2) is 7.81. The van der Waals surface area contributed by atoms with E-state index in [0.29, 0.717) is 6.04 Å². The molecule has 5 nitrogen and oxygen atoms in total. The van der Waals surface area contributed by atoms with Crippen LogP contribution in [0.15, 0.2) is 24.3 Å². The van der Waals surface area contributed by atoms with Crippen molar-refractivity contribution >= 4 is 5.82 Å². The maximum Gasteiger partial charge on any atom is 0.130 e. The van der Waals surface area contributed by atoms with Crippen LogP contribution in [0.25, 0.3) is 0 Å². The number of aryl methyl sites for hydroxylation is 3. The Bertz CT molecular complexity index is 655. The molecule has 0 bridgehead atoms. The fourth-order valence-electron chi connectivity index (χ4n) is 3.18. The number of nitrogens with one attached hydrogen (secondary N) is 1. The molecule has 1 aromatic heterocycles. The van der Waals surface area contributed by atoms with Crippen LogP contribution in [0.5, 0.6) is 0 Å². The van der Waals surface area contributed by atoms with Gasteiger partial charge >= 0.3 is 0 Å². The number of rotatable bonds is 7. The van der Waals surface area contributed by atoms with Crippen molar-refractivity contribution in [2.24, 2.45) is 7.05 Å². The first-order valence-electron chi connectivity index (χ1n) is 8.44. The van der Waals surface area contributed by atoms with Crippen molar-refractivity contribution < 1.29 is 0 Å². The number of nitrogens with zero attached hydrogens (tertiary/aromatic N) is 4. The first-order valence-corrected chi connectivity index (χ1v) is 8.44. The van der Waals surface area contributed by atoms with E-state index in [1.807, 2.05) is 11.7 Å². The Labute approximate surface area is 146 Å². The second-order valence-electron chi connectivity index (χ2n) is 6.93. The molecule has 1 N–H and O–H groups in total. The van der Waals surface area contributed by atoms with Crippen LogP contribution in [0.4, 0.5) is 5.82 Å². The maximum absolute atomic E-state index is 4.56. The van der Waals surface area contributed by atoms with Gasteiger partial charge in [0.1, 0.15) is 5.82 Å². The van der Waals surface area contributed by atoms with Gasteiger partial charge in [0.2, 0.25) is 0 Å². The fourth-order valence-corrected chi connectivity index (χ4v) is 3.18. The molecule has 1 heterocycles. The third-order valence-corrected chi connectivity index (χ3v) is 4.46. The summed E-state index contributed by atoms with van der Waals surface area (Å²) in [6.07, 6.45) is 0. The van der Waals surface area contributed by atoms with Gasteiger partial charge in [0, 0.05) is 45.8 Å². The lowest BCUT2D eigenvalue weighted by atomic mass is 10.0. The van der Waals surface area contributed by atoms with E-state index in [1.165, 1.54) is 16.7 Å². The third-order valence-electron chi connectivity index (χ3n) is 4.46. The SMILES string of the molecule is Cc1ccc(C(CNCc2c(C)nn(C)c2N(C)C)N(C)C)cc1. The van der Waals surface area contributed by atoms with Gasteiger partial charge in [-0.25, -0.2) is 0 Å². The van der Waals surface area contributed by atoms with Crippen LogP contribution in [0, 0.1) is 13.8 Å². The van der Waals surface area contributed by atoms with Crippen LogP contribution in [0.2, 0.25) is 0 Å². The minimum Gasteiger partial charge on any atom is -0.363 e. The van der Waals surface area contributed by atoms with Crippen LogP contribution in [0.1, 0.15) is 28.4 Å². The summed E-state index contributed by atoms with van der Waals surface area (Å²) in [7, 11) is 10.4. The number of hydrogen-bond donors (Lipinski definition) is 1. The van der Waals surface area contributed by atoms with Crippen molar-refractivity contribution in [2.45, 2.75) is 26.4 Å². The highest BCUT2D eigenvalue weighted by atomic mass is 15.4. The molecule has 1 aromatic carbocycles. The number of anilines is 1. The molecule has 0 amide bonds. The standard InChI is InChI=1S/C19H31N5/c1-14-8-10-16(11-9-14)18(22(3)4)13-20-12-17-15(2)21-24(7)19(17)23(5)6/h8-11,18,20H,12-13H2,1-7H3. The van der Waals surface area contributed by atoms with Gasteiger partial charge in [-0.2, -0.15) is 5.10 Å². The van der Waals surface area contributed by atoms with Gasteiger partial charge in [0.15, 0.2) is 0 Å². The highest BCUT2D eigenvalue weighted by Crippen LogP contribution is 2.22. The van der Waals surface area contributed by atoms with Crippen molar-refractivity contribution in [2.75, 3.05) is 39.6 Å². The molecule has 24 heavy (non-hydrogen) atoms. The van der Waals surface area contributed by atoms with Crippen molar-refractivity contribution in [3.05, 3.63) is 46.6 Å². The number of hydrogen-bond acceptors (Lipinski definition) is 4. The van der Waals surface area contributed by atoms with Crippen molar-refractivity contribution in [1.29, 1.82) is 0 Å². The molecule has 0 radical (unpaired) electrons. The minimum absolute atomic E-state index is 0.352. The lowest BCUT2D eigenvalue weighted by molar-refractivity contribution is 0.288. The Morgan fingerprint density at radius 3 is 2.25 bits per heavy atom. The fraction of sp³-hybridized carbons (Fsp3) is 0.526. The average molecular weight is 329 g/mol. The number of benzene rings is 1. The van der Waals surface area contributed by atoms with E-state index in [0.717, 1.165) is 24.6 Å². The second-order valence-corrected chi connectivity index (χ2v) is 6.93. The molecule has 132 valence electrons. The summed E-state index contributed by atoms with van der Waals surface area (Å²) in [5, 5.41) is 8.18. The summed E-state index contributed by atoms with van der Waals surface area (Å²) in [5.74, 6) is 1.16. The quantitative estimate of drug-likeness (QED) is 0.847. The van der Waals surface area contributed by atoms with Gasteiger partial charge in [-0.3, -0.25) is 4.68 Å². The average Bonchev–Trinajstić information content (AvgIpc) is 2.78. The molecule has 1 atom stereocenters. The highest BCUT2D eigenvalue weighted by Gasteiger charge is 2.17. The zero-order valence-electron chi connectivity index (χ0n) is 16.1. The van der Waals surface area contributed by atoms with Crippen LogP contribution in [-0.4, -0.2) is 49.4 Å². The largest absolute Gasteiger partial charge is 0.363 e. The van der Waals surface area contributed by atoms with E-state index in [2.05, 4.69) is 86.5 Å². The number of likely N-dealkylation sites (N-methyl/N-ethyl adjacent to an activating group) is 1. The molecule has 0 fully saturated rings. The predicted molar refractivity (Wildman–Crippen MR) is 102 cm³/mol. The summed E-state index contributed by atoms with van der Waals surface area (Å²) < 4.78 is 1.95. The molecule has 0 saturated heterocycles. The predicted octanol–water partition coefficient (Wildman–Crippen LogP) is 2.50. The van der Waals surface area contributed by atoms with E-state index in [9.17, 15) is 0 Å². The molecule has 1 unspecified atom stereocenters. The van der Waals surface area contributed by atoms with Crippen LogP contribution in [-0.2, 0) is 13.6 Å². The van der Waals surface area contributed by atoms with E-state index < -0.39 is 0 Å². The monoisotopic (exact) mass is 329 g/mol. The zero-order chi connectivity index (χ0) is 17.9. The Morgan fingerprint density at radius 1 is 1.08 bits per heavy atom. The van der Waals surface area contributed by atoms with Crippen molar-refractivity contribution in [3.63, 3.8) is 0 Å². The van der Waals surface area contributed by atoms with Gasteiger partial charge in [0.25, 0.3) is 0 Å². The zero-order valence-corrected chi connectivity index (χ0v) is 16.1. The first-order chi connectivity index (χ1) is 11.3. The van der Waals surface area contributed by atoms with Crippen molar-refractivity contribution in [3.8, 4) is 0 Å². The molecular weight excluding hydrogens is 298 g/mol. The van der Waals surface area contributed by atoms with Crippen LogP contribution in [0.3, 0.4) is 0 Å². The van der Waals surface area contributed by atoms with Gasteiger partial charge in [0.05, 0.1) is 5.69 Å². The van der Waals surface area contributed by atoms with Crippen LogP contribution < -0.4 is 10.2 Å². The molecular formula is C19H31N5. The Morgan fingerprint density at radius 2 is 1.71 bits per heavy atom. The van der Waals surface area contributed by atoms with Crippen LogP contribution >= 0.6 is 0 Å². The third kappa shape index (κ3) is 4.16. The lowest BCUT2D eigenvalue weighted by Gasteiger charge is -2.25. The molecule has 2 rings (SSSR count). The van der Waals surface area contributed by atoms with Gasteiger partial charge in [-0.05, 0) is 33.5 Å². The summed E-state index contributed by atoms with van der Waals surface area (Å²) in [6, 6.07) is 9.16. The van der Waals surface area contributed by atoms with Gasteiger partial charge < -0.3 is 15.1 Å². The van der Waals surface area contributed by atoms with E-state index in [4.69, 9.17) is 0 Å². The molecule has 0 saturated carbocycles. The van der Waals surface area contributed by atoms with Gasteiger partial charge in [-0.1, -0.05) is 29.8 Å². The first kappa shape index (κ1) is 18.5. The Kier molecular flexibility index (Phi) is 6.02. The summed E-state index contributed by atoms with van der Waals surface area (Å²) in [4.78, 5) is 4.39. The smallest absolute Gasteiger partial charge is 0.130 e. The molecule has 0 aliphatic heterocycles. The van der Waals surface area contributed by atoms with Gasteiger partial charge in [-0.15, -0.1) is 0 Å².